The summed E-state index contributed by atoms with van der Waals surface area (Å²) < 4.78 is 1.89. The molecule has 28 heavy (non-hydrogen) atoms. The lowest BCUT2D eigenvalue weighted by Gasteiger charge is -2.18. The van der Waals surface area contributed by atoms with Crippen LogP contribution in [0.25, 0.3) is 0 Å². The first kappa shape index (κ1) is 19.8. The van der Waals surface area contributed by atoms with E-state index in [4.69, 9.17) is 0 Å². The summed E-state index contributed by atoms with van der Waals surface area (Å²) >= 11 is 1.60. The molecule has 1 atom stereocenters. The molecule has 2 amide bonds. The number of aromatic nitrogens is 2. The lowest BCUT2D eigenvalue weighted by molar-refractivity contribution is -0.136. The molecule has 1 unspecified atom stereocenters. The highest BCUT2D eigenvalue weighted by atomic mass is 32.1. The number of hydrogen-bond donors (Lipinski definition) is 2. The van der Waals surface area contributed by atoms with Gasteiger partial charge in [-0.25, -0.2) is 0 Å². The summed E-state index contributed by atoms with van der Waals surface area (Å²) in [5.41, 5.74) is 3.70. The third kappa shape index (κ3) is 4.67. The summed E-state index contributed by atoms with van der Waals surface area (Å²) in [6.45, 7) is 6.26. The van der Waals surface area contributed by atoms with Gasteiger partial charge in [-0.3, -0.25) is 14.3 Å². The first-order chi connectivity index (χ1) is 13.5. The Balaban J connectivity index is 1.66. The van der Waals surface area contributed by atoms with Gasteiger partial charge >= 0.3 is 11.8 Å². The van der Waals surface area contributed by atoms with E-state index in [9.17, 15) is 9.59 Å². The van der Waals surface area contributed by atoms with Crippen LogP contribution in [0.2, 0.25) is 0 Å². The zero-order valence-corrected chi connectivity index (χ0v) is 17.0. The van der Waals surface area contributed by atoms with Crippen LogP contribution in [0.5, 0.6) is 0 Å². The standard InChI is InChI=1S/C21H24N4O2S/c1-4-16-7-9-17(10-8-16)23-21(27)20(26)22-13-18(19-6-5-11-28-19)25-15(3)12-14(2)24-25/h5-12,18H,4,13H2,1-3H3,(H,22,26)(H,23,27). The number of rotatable bonds is 6. The summed E-state index contributed by atoms with van der Waals surface area (Å²) in [6, 6.07) is 13.3. The largest absolute Gasteiger partial charge is 0.345 e. The maximum atomic E-state index is 12.3. The Bertz CT molecular complexity index is 945. The molecule has 0 fully saturated rings. The van der Waals surface area contributed by atoms with Crippen molar-refractivity contribution in [2.24, 2.45) is 0 Å². The highest BCUT2D eigenvalue weighted by Gasteiger charge is 2.21. The summed E-state index contributed by atoms with van der Waals surface area (Å²) in [5, 5.41) is 11.9. The van der Waals surface area contributed by atoms with E-state index in [1.165, 1.54) is 5.56 Å². The molecule has 0 saturated carbocycles. The fourth-order valence-corrected chi connectivity index (χ4v) is 3.84. The molecule has 0 saturated heterocycles. The molecule has 146 valence electrons. The summed E-state index contributed by atoms with van der Waals surface area (Å²) in [4.78, 5) is 25.6. The van der Waals surface area contributed by atoms with Crippen LogP contribution in [-0.4, -0.2) is 28.1 Å². The van der Waals surface area contributed by atoms with Gasteiger partial charge in [0.2, 0.25) is 0 Å². The molecular formula is C21H24N4O2S. The van der Waals surface area contributed by atoms with Gasteiger partial charge in [0.05, 0.1) is 5.69 Å². The molecule has 7 heteroatoms. The second-order valence-electron chi connectivity index (χ2n) is 6.62. The van der Waals surface area contributed by atoms with Crippen LogP contribution in [0.15, 0.2) is 47.8 Å². The minimum Gasteiger partial charge on any atom is -0.345 e. The molecule has 3 rings (SSSR count). The number of carbonyl (C=O) groups excluding carboxylic acids is 2. The molecule has 0 aliphatic rings. The van der Waals surface area contributed by atoms with Crippen molar-refractivity contribution in [3.8, 4) is 0 Å². The quantitative estimate of drug-likeness (QED) is 0.627. The molecule has 0 spiro atoms. The van der Waals surface area contributed by atoms with Crippen molar-refractivity contribution in [1.29, 1.82) is 0 Å². The van der Waals surface area contributed by atoms with Gasteiger partial charge in [-0.15, -0.1) is 11.3 Å². The lowest BCUT2D eigenvalue weighted by Crippen LogP contribution is -2.39. The Morgan fingerprint density at radius 1 is 1.14 bits per heavy atom. The molecule has 0 aliphatic carbocycles. The smallest absolute Gasteiger partial charge is 0.313 e. The SMILES string of the molecule is CCc1ccc(NC(=O)C(=O)NCC(c2cccs2)n2nc(C)cc2C)cc1. The topological polar surface area (TPSA) is 76.0 Å². The van der Waals surface area contributed by atoms with Crippen LogP contribution in [0, 0.1) is 13.8 Å². The fraction of sp³-hybridized carbons (Fsp3) is 0.286. The fourth-order valence-electron chi connectivity index (χ4n) is 3.03. The number of amides is 2. The molecule has 2 heterocycles. The molecule has 6 nitrogen and oxygen atoms in total. The van der Waals surface area contributed by atoms with Crippen molar-refractivity contribution >= 4 is 28.8 Å². The van der Waals surface area contributed by atoms with E-state index >= 15 is 0 Å². The number of nitrogens with one attached hydrogen (secondary N) is 2. The first-order valence-electron chi connectivity index (χ1n) is 9.22. The average molecular weight is 397 g/mol. The van der Waals surface area contributed by atoms with Crippen molar-refractivity contribution in [1.82, 2.24) is 15.1 Å². The van der Waals surface area contributed by atoms with E-state index in [2.05, 4.69) is 22.7 Å². The normalized spacial score (nSPS) is 11.8. The van der Waals surface area contributed by atoms with Gasteiger partial charge in [-0.05, 0) is 55.5 Å². The molecule has 0 aliphatic heterocycles. The number of aryl methyl sites for hydroxylation is 3. The van der Waals surface area contributed by atoms with Crippen LogP contribution in [0.3, 0.4) is 0 Å². The highest BCUT2D eigenvalue weighted by molar-refractivity contribution is 7.10. The number of anilines is 1. The van der Waals surface area contributed by atoms with Crippen molar-refractivity contribution in [2.45, 2.75) is 33.2 Å². The number of nitrogens with zero attached hydrogens (tertiary/aromatic N) is 2. The Labute approximate surface area is 168 Å². The van der Waals surface area contributed by atoms with Crippen LogP contribution >= 0.6 is 11.3 Å². The molecular weight excluding hydrogens is 372 g/mol. The van der Waals surface area contributed by atoms with Gasteiger partial charge in [-0.2, -0.15) is 5.10 Å². The predicted octanol–water partition coefficient (Wildman–Crippen LogP) is 3.47. The van der Waals surface area contributed by atoms with E-state index < -0.39 is 11.8 Å². The van der Waals surface area contributed by atoms with Gasteiger partial charge in [0.1, 0.15) is 6.04 Å². The molecule has 1 aromatic carbocycles. The van der Waals surface area contributed by atoms with E-state index in [-0.39, 0.29) is 12.6 Å². The number of benzene rings is 1. The highest BCUT2D eigenvalue weighted by Crippen LogP contribution is 2.24. The summed E-state index contributed by atoms with van der Waals surface area (Å²) in [7, 11) is 0. The first-order valence-corrected chi connectivity index (χ1v) is 10.1. The zero-order valence-electron chi connectivity index (χ0n) is 16.2. The van der Waals surface area contributed by atoms with Crippen LogP contribution in [0.4, 0.5) is 5.69 Å². The second-order valence-corrected chi connectivity index (χ2v) is 7.60. The van der Waals surface area contributed by atoms with E-state index in [1.807, 2.05) is 54.2 Å². The summed E-state index contributed by atoms with van der Waals surface area (Å²) in [6.07, 6.45) is 0.922. The minimum absolute atomic E-state index is 0.158. The van der Waals surface area contributed by atoms with Crippen molar-refractivity contribution < 1.29 is 9.59 Å². The van der Waals surface area contributed by atoms with Crippen molar-refractivity contribution in [3.63, 3.8) is 0 Å². The van der Waals surface area contributed by atoms with E-state index in [0.29, 0.717) is 5.69 Å². The number of carbonyl (C=O) groups is 2. The lowest BCUT2D eigenvalue weighted by atomic mass is 10.1. The maximum Gasteiger partial charge on any atom is 0.313 e. The Kier molecular flexibility index (Phi) is 6.26. The third-order valence-electron chi connectivity index (χ3n) is 4.49. The monoisotopic (exact) mass is 396 g/mol. The Morgan fingerprint density at radius 3 is 2.46 bits per heavy atom. The summed E-state index contributed by atoms with van der Waals surface area (Å²) in [5.74, 6) is -1.34. The number of thiophene rings is 1. The van der Waals surface area contributed by atoms with Gasteiger partial charge in [0.25, 0.3) is 0 Å². The van der Waals surface area contributed by atoms with Crippen LogP contribution in [0.1, 0.15) is 34.8 Å². The third-order valence-corrected chi connectivity index (χ3v) is 5.47. The van der Waals surface area contributed by atoms with Gasteiger partial charge in [0, 0.05) is 22.8 Å². The molecule has 0 bridgehead atoms. The number of hydrogen-bond acceptors (Lipinski definition) is 4. The van der Waals surface area contributed by atoms with Crippen molar-refractivity contribution in [3.05, 3.63) is 69.7 Å². The van der Waals surface area contributed by atoms with Crippen LogP contribution in [-0.2, 0) is 16.0 Å². The van der Waals surface area contributed by atoms with Crippen molar-refractivity contribution in [2.75, 3.05) is 11.9 Å². The predicted molar refractivity (Wildman–Crippen MR) is 112 cm³/mol. The maximum absolute atomic E-state index is 12.3. The van der Waals surface area contributed by atoms with E-state index in [1.54, 1.807) is 23.5 Å². The molecule has 2 aromatic heterocycles. The molecule has 0 radical (unpaired) electrons. The van der Waals surface area contributed by atoms with Gasteiger partial charge in [-0.1, -0.05) is 25.1 Å². The van der Waals surface area contributed by atoms with Gasteiger partial charge in [0.15, 0.2) is 0 Å². The second kappa shape index (κ2) is 8.84. The Hall–Kier alpha value is -2.93. The minimum atomic E-state index is -0.678. The molecule has 3 aromatic rings. The van der Waals surface area contributed by atoms with E-state index in [0.717, 1.165) is 22.7 Å². The molecule has 2 N–H and O–H groups in total. The van der Waals surface area contributed by atoms with Gasteiger partial charge < -0.3 is 10.6 Å². The zero-order chi connectivity index (χ0) is 20.1. The van der Waals surface area contributed by atoms with Crippen LogP contribution < -0.4 is 10.6 Å². The Morgan fingerprint density at radius 2 is 1.89 bits per heavy atom. The average Bonchev–Trinajstić information content (AvgIpc) is 3.32.